The highest BCUT2D eigenvalue weighted by Gasteiger charge is 2.25. The number of carbonyl (C=O) groups is 1. The zero-order valence-corrected chi connectivity index (χ0v) is 21.5. The van der Waals surface area contributed by atoms with E-state index in [0.717, 1.165) is 42.0 Å². The molecule has 4 rings (SSSR count). The Hall–Kier alpha value is -2.39. The van der Waals surface area contributed by atoms with Gasteiger partial charge in [0, 0.05) is 33.3 Å². The second-order valence-electron chi connectivity index (χ2n) is 8.30. The summed E-state index contributed by atoms with van der Waals surface area (Å²) in [6.45, 7) is 2.54. The molecule has 1 fully saturated rings. The molecule has 6 nitrogen and oxygen atoms in total. The molecule has 1 amide bonds. The van der Waals surface area contributed by atoms with Crippen molar-refractivity contribution >= 4 is 54.8 Å². The summed E-state index contributed by atoms with van der Waals surface area (Å²) < 4.78 is 28.7. The molecule has 2 N–H and O–H groups in total. The van der Waals surface area contributed by atoms with Gasteiger partial charge in [-0.25, -0.2) is 8.42 Å². The van der Waals surface area contributed by atoms with Crippen molar-refractivity contribution in [2.75, 3.05) is 23.1 Å². The maximum atomic E-state index is 12.7. The molecule has 0 aromatic heterocycles. The zero-order chi connectivity index (χ0) is 24.1. The van der Waals surface area contributed by atoms with Crippen LogP contribution in [0.5, 0.6) is 0 Å². The minimum absolute atomic E-state index is 0.0327. The van der Waals surface area contributed by atoms with E-state index in [1.54, 1.807) is 36.4 Å². The first-order chi connectivity index (χ1) is 16.3. The second-order valence-corrected chi connectivity index (χ2v) is 11.3. The van der Waals surface area contributed by atoms with E-state index in [1.807, 2.05) is 24.3 Å². The summed E-state index contributed by atoms with van der Waals surface area (Å²) in [6.07, 6.45) is 1.56. The molecule has 0 saturated carbocycles. The third-order valence-electron chi connectivity index (χ3n) is 5.81. The molecule has 0 atom stereocenters. The van der Waals surface area contributed by atoms with Crippen LogP contribution in [-0.4, -0.2) is 32.3 Å². The molecule has 34 heavy (non-hydrogen) atoms. The quantitative estimate of drug-likeness (QED) is 0.384. The van der Waals surface area contributed by atoms with Crippen LogP contribution in [0.15, 0.2) is 82.2 Å². The van der Waals surface area contributed by atoms with E-state index in [-0.39, 0.29) is 16.7 Å². The first kappa shape index (κ1) is 24.7. The van der Waals surface area contributed by atoms with E-state index in [0.29, 0.717) is 11.4 Å². The number of anilines is 2. The number of halogens is 2. The Bertz CT molecular complexity index is 1230. The van der Waals surface area contributed by atoms with Gasteiger partial charge < -0.3 is 5.32 Å². The lowest BCUT2D eigenvalue weighted by molar-refractivity contribution is -0.121. The number of carbonyl (C=O) groups excluding carboxylic acids is 1. The van der Waals surface area contributed by atoms with Crippen LogP contribution in [0.2, 0.25) is 5.02 Å². The molecule has 0 unspecified atom stereocenters. The molecule has 1 aliphatic rings. The lowest BCUT2D eigenvalue weighted by Gasteiger charge is -2.31. The Balaban J connectivity index is 1.29. The van der Waals surface area contributed by atoms with Crippen molar-refractivity contribution in [2.45, 2.75) is 24.3 Å². The van der Waals surface area contributed by atoms with Crippen molar-refractivity contribution in [2.24, 2.45) is 5.92 Å². The Morgan fingerprint density at radius 3 is 2.12 bits per heavy atom. The molecule has 178 valence electrons. The van der Waals surface area contributed by atoms with E-state index >= 15 is 0 Å². The van der Waals surface area contributed by atoms with Gasteiger partial charge in [-0.3, -0.25) is 14.4 Å². The van der Waals surface area contributed by atoms with Gasteiger partial charge in [0.1, 0.15) is 0 Å². The fraction of sp³-hybridized carbons (Fsp3) is 0.240. The van der Waals surface area contributed by atoms with Gasteiger partial charge in [-0.1, -0.05) is 39.7 Å². The highest BCUT2D eigenvalue weighted by molar-refractivity contribution is 9.10. The average molecular weight is 563 g/mol. The topological polar surface area (TPSA) is 78.5 Å². The van der Waals surface area contributed by atoms with Crippen molar-refractivity contribution in [3.8, 4) is 0 Å². The van der Waals surface area contributed by atoms with Gasteiger partial charge in [0.15, 0.2) is 0 Å². The average Bonchev–Trinajstić information content (AvgIpc) is 2.83. The zero-order valence-electron chi connectivity index (χ0n) is 18.4. The van der Waals surface area contributed by atoms with Crippen molar-refractivity contribution in [3.05, 3.63) is 87.9 Å². The normalized spacial score (nSPS) is 15.1. The summed E-state index contributed by atoms with van der Waals surface area (Å²) in [5.74, 6) is -0.0984. The number of rotatable bonds is 7. The summed E-state index contributed by atoms with van der Waals surface area (Å²) in [7, 11) is -3.72. The van der Waals surface area contributed by atoms with Crippen LogP contribution in [0.4, 0.5) is 11.4 Å². The minimum atomic E-state index is -3.72. The van der Waals surface area contributed by atoms with Gasteiger partial charge in [-0.2, -0.15) is 0 Å². The number of likely N-dealkylation sites (tertiary alicyclic amines) is 1. The Morgan fingerprint density at radius 1 is 0.912 bits per heavy atom. The largest absolute Gasteiger partial charge is 0.326 e. The predicted molar refractivity (Wildman–Crippen MR) is 139 cm³/mol. The third kappa shape index (κ3) is 6.60. The molecule has 0 radical (unpaired) electrons. The van der Waals surface area contributed by atoms with Crippen molar-refractivity contribution in [1.29, 1.82) is 0 Å². The monoisotopic (exact) mass is 561 g/mol. The molecular formula is C25H25BrClN3O3S. The van der Waals surface area contributed by atoms with Gasteiger partial charge in [0.05, 0.1) is 4.90 Å². The minimum Gasteiger partial charge on any atom is -0.326 e. The molecule has 0 spiro atoms. The number of piperidine rings is 1. The summed E-state index contributed by atoms with van der Waals surface area (Å²) in [6, 6.07) is 20.9. The Morgan fingerprint density at radius 2 is 1.50 bits per heavy atom. The van der Waals surface area contributed by atoms with Crippen LogP contribution in [0, 0.1) is 5.92 Å². The number of nitrogens with zero attached hydrogens (tertiary/aromatic N) is 1. The molecule has 9 heteroatoms. The van der Waals surface area contributed by atoms with Gasteiger partial charge in [0.25, 0.3) is 10.0 Å². The molecule has 1 saturated heterocycles. The standard InChI is InChI=1S/C25H25BrClN3O3S/c26-20-3-7-23(8-4-20)29-34(32,33)24-11-9-22(10-12-24)28-25(31)19-13-15-30(16-14-19)17-18-1-5-21(27)6-2-18/h1-12,19,29H,13-17H2,(H,28,31). The van der Waals surface area contributed by atoms with Gasteiger partial charge >= 0.3 is 0 Å². The van der Waals surface area contributed by atoms with Gasteiger partial charge in [-0.15, -0.1) is 0 Å². The van der Waals surface area contributed by atoms with Crippen molar-refractivity contribution < 1.29 is 13.2 Å². The van der Waals surface area contributed by atoms with E-state index < -0.39 is 10.0 Å². The van der Waals surface area contributed by atoms with E-state index in [9.17, 15) is 13.2 Å². The lowest BCUT2D eigenvalue weighted by atomic mass is 9.95. The fourth-order valence-corrected chi connectivity index (χ4v) is 5.34. The highest BCUT2D eigenvalue weighted by Crippen LogP contribution is 2.23. The SMILES string of the molecule is O=C(Nc1ccc(S(=O)(=O)Nc2ccc(Br)cc2)cc1)C1CCN(Cc2ccc(Cl)cc2)CC1. The van der Waals surface area contributed by atoms with Crippen molar-refractivity contribution in [1.82, 2.24) is 4.90 Å². The van der Waals surface area contributed by atoms with E-state index in [2.05, 4.69) is 30.9 Å². The molecule has 3 aromatic rings. The summed E-state index contributed by atoms with van der Waals surface area (Å²) >= 11 is 9.28. The third-order valence-corrected chi connectivity index (χ3v) is 7.98. The van der Waals surface area contributed by atoms with E-state index in [4.69, 9.17) is 11.6 Å². The van der Waals surface area contributed by atoms with Crippen molar-refractivity contribution in [3.63, 3.8) is 0 Å². The first-order valence-electron chi connectivity index (χ1n) is 10.9. The Labute approximate surface area is 213 Å². The predicted octanol–water partition coefficient (Wildman–Crippen LogP) is 5.75. The smallest absolute Gasteiger partial charge is 0.261 e. The van der Waals surface area contributed by atoms with Gasteiger partial charge in [0.2, 0.25) is 5.91 Å². The molecule has 0 bridgehead atoms. The number of sulfonamides is 1. The van der Waals surface area contributed by atoms with Gasteiger partial charge in [-0.05, 0) is 92.2 Å². The summed E-state index contributed by atoms with van der Waals surface area (Å²) in [4.78, 5) is 15.2. The lowest BCUT2D eigenvalue weighted by Crippen LogP contribution is -2.37. The number of hydrogen-bond acceptors (Lipinski definition) is 4. The summed E-state index contributed by atoms with van der Waals surface area (Å²) in [5.41, 5.74) is 2.26. The number of hydrogen-bond donors (Lipinski definition) is 2. The summed E-state index contributed by atoms with van der Waals surface area (Å²) in [5, 5.41) is 3.65. The maximum absolute atomic E-state index is 12.7. The molecular weight excluding hydrogens is 538 g/mol. The van der Waals surface area contributed by atoms with Crippen LogP contribution < -0.4 is 10.0 Å². The van der Waals surface area contributed by atoms with Crippen LogP contribution in [0.3, 0.4) is 0 Å². The molecule has 3 aromatic carbocycles. The van der Waals surface area contributed by atoms with Crippen LogP contribution in [0.25, 0.3) is 0 Å². The maximum Gasteiger partial charge on any atom is 0.261 e. The number of amides is 1. The second kappa shape index (κ2) is 10.9. The fourth-order valence-electron chi connectivity index (χ4n) is 3.90. The van der Waals surface area contributed by atoms with Crippen LogP contribution in [-0.2, 0) is 21.4 Å². The highest BCUT2D eigenvalue weighted by atomic mass is 79.9. The molecule has 0 aliphatic carbocycles. The van der Waals surface area contributed by atoms with E-state index in [1.165, 1.54) is 17.7 Å². The van der Waals surface area contributed by atoms with Crippen LogP contribution in [0.1, 0.15) is 18.4 Å². The number of benzene rings is 3. The van der Waals surface area contributed by atoms with Crippen LogP contribution >= 0.6 is 27.5 Å². The first-order valence-corrected chi connectivity index (χ1v) is 13.6. The number of nitrogens with one attached hydrogen (secondary N) is 2. The molecule has 1 aliphatic heterocycles. The Kier molecular flexibility index (Phi) is 7.93. The molecule has 1 heterocycles.